The summed E-state index contributed by atoms with van der Waals surface area (Å²) in [6.45, 7) is 6.03. The quantitative estimate of drug-likeness (QED) is 0.491. The lowest BCUT2D eigenvalue weighted by atomic mass is 10.1. The maximum atomic E-state index is 5.45. The van der Waals surface area contributed by atoms with Crippen molar-refractivity contribution in [2.45, 2.75) is 77.7 Å². The smallest absolute Gasteiger partial charge is 0.0619 e. The van der Waals surface area contributed by atoms with Crippen LogP contribution in [-0.2, 0) is 4.74 Å². The molecule has 2 heteroatoms. The third-order valence-electron chi connectivity index (χ3n) is 3.34. The van der Waals surface area contributed by atoms with Gasteiger partial charge in [-0.25, -0.2) is 0 Å². The van der Waals surface area contributed by atoms with Gasteiger partial charge in [-0.3, -0.25) is 0 Å². The molecule has 17 heavy (non-hydrogen) atoms. The second-order valence-corrected chi connectivity index (χ2v) is 4.91. The Labute approximate surface area is 109 Å². The first kappa shape index (κ1) is 16.9. The van der Waals surface area contributed by atoms with Gasteiger partial charge in [-0.15, -0.1) is 0 Å². The fourth-order valence-corrected chi connectivity index (χ4v) is 2.10. The molecule has 0 aromatic heterocycles. The van der Waals surface area contributed by atoms with E-state index < -0.39 is 0 Å². The van der Waals surface area contributed by atoms with Gasteiger partial charge in [0.1, 0.15) is 0 Å². The average molecular weight is 243 g/mol. The molecule has 0 saturated carbocycles. The summed E-state index contributed by atoms with van der Waals surface area (Å²) in [5.74, 6) is 0. The normalized spacial score (nSPS) is 12.9. The van der Waals surface area contributed by atoms with E-state index in [1.54, 1.807) is 0 Å². The molecule has 0 amide bonds. The molecule has 0 fully saturated rings. The standard InChI is InChI=1S/C15H33NO/c1-4-6-7-8-9-10-11-12-13-15(16-3)14-17-5-2/h15-16H,4-14H2,1-3H3. The second kappa shape index (κ2) is 14.0. The maximum absolute atomic E-state index is 5.45. The molecular formula is C15H33NO. The molecule has 0 aliphatic heterocycles. The molecule has 0 aliphatic carbocycles. The Morgan fingerprint density at radius 2 is 1.47 bits per heavy atom. The van der Waals surface area contributed by atoms with Gasteiger partial charge in [0.05, 0.1) is 6.61 Å². The zero-order chi connectivity index (χ0) is 12.8. The topological polar surface area (TPSA) is 21.3 Å². The van der Waals surface area contributed by atoms with Crippen LogP contribution >= 0.6 is 0 Å². The van der Waals surface area contributed by atoms with E-state index in [0.717, 1.165) is 13.2 Å². The minimum absolute atomic E-state index is 0.551. The number of ether oxygens (including phenoxy) is 1. The molecule has 0 aliphatic rings. The van der Waals surface area contributed by atoms with Crippen molar-refractivity contribution in [1.82, 2.24) is 5.32 Å². The van der Waals surface area contributed by atoms with Crippen molar-refractivity contribution >= 4 is 0 Å². The Morgan fingerprint density at radius 3 is 2.00 bits per heavy atom. The highest BCUT2D eigenvalue weighted by atomic mass is 16.5. The molecule has 0 bridgehead atoms. The van der Waals surface area contributed by atoms with Crippen molar-refractivity contribution in [1.29, 1.82) is 0 Å². The molecule has 0 spiro atoms. The molecule has 0 heterocycles. The lowest BCUT2D eigenvalue weighted by Gasteiger charge is -2.15. The Hall–Kier alpha value is -0.0800. The summed E-state index contributed by atoms with van der Waals surface area (Å²) >= 11 is 0. The minimum Gasteiger partial charge on any atom is -0.380 e. The predicted molar refractivity (Wildman–Crippen MR) is 76.6 cm³/mol. The van der Waals surface area contributed by atoms with Crippen LogP contribution in [0.1, 0.15) is 71.6 Å². The number of unbranched alkanes of at least 4 members (excludes halogenated alkanes) is 7. The van der Waals surface area contributed by atoms with E-state index in [2.05, 4.69) is 19.2 Å². The van der Waals surface area contributed by atoms with E-state index in [9.17, 15) is 0 Å². The first-order valence-corrected chi connectivity index (χ1v) is 7.60. The van der Waals surface area contributed by atoms with Gasteiger partial charge >= 0.3 is 0 Å². The van der Waals surface area contributed by atoms with Crippen LogP contribution in [0.15, 0.2) is 0 Å². The van der Waals surface area contributed by atoms with Crippen LogP contribution in [0.2, 0.25) is 0 Å². The summed E-state index contributed by atoms with van der Waals surface area (Å²) < 4.78 is 5.45. The first-order chi connectivity index (χ1) is 8.35. The Balaban J connectivity index is 3.19. The fraction of sp³-hybridized carbons (Fsp3) is 1.00. The van der Waals surface area contributed by atoms with Crippen molar-refractivity contribution < 1.29 is 4.74 Å². The molecule has 0 saturated heterocycles. The van der Waals surface area contributed by atoms with Crippen molar-refractivity contribution in [2.75, 3.05) is 20.3 Å². The summed E-state index contributed by atoms with van der Waals surface area (Å²) in [6, 6.07) is 0.551. The van der Waals surface area contributed by atoms with E-state index in [0.29, 0.717) is 6.04 Å². The highest BCUT2D eigenvalue weighted by Crippen LogP contribution is 2.10. The van der Waals surface area contributed by atoms with Crippen LogP contribution in [0.4, 0.5) is 0 Å². The Bertz CT molecular complexity index is 139. The number of hydrogen-bond acceptors (Lipinski definition) is 2. The molecule has 1 atom stereocenters. The van der Waals surface area contributed by atoms with Crippen LogP contribution in [-0.4, -0.2) is 26.3 Å². The maximum Gasteiger partial charge on any atom is 0.0619 e. The number of nitrogens with one attached hydrogen (secondary N) is 1. The molecule has 0 radical (unpaired) electrons. The van der Waals surface area contributed by atoms with E-state index >= 15 is 0 Å². The van der Waals surface area contributed by atoms with Gasteiger partial charge in [0.15, 0.2) is 0 Å². The average Bonchev–Trinajstić information content (AvgIpc) is 2.36. The first-order valence-electron chi connectivity index (χ1n) is 7.60. The number of hydrogen-bond donors (Lipinski definition) is 1. The predicted octanol–water partition coefficient (Wildman–Crippen LogP) is 4.14. The molecule has 0 aromatic rings. The summed E-state index contributed by atoms with van der Waals surface area (Å²) in [7, 11) is 2.04. The van der Waals surface area contributed by atoms with Crippen LogP contribution < -0.4 is 5.32 Å². The van der Waals surface area contributed by atoms with E-state index in [1.165, 1.54) is 57.8 Å². The van der Waals surface area contributed by atoms with Gasteiger partial charge in [-0.2, -0.15) is 0 Å². The highest BCUT2D eigenvalue weighted by Gasteiger charge is 2.04. The molecule has 0 rings (SSSR count). The van der Waals surface area contributed by atoms with E-state index in [4.69, 9.17) is 4.74 Å². The van der Waals surface area contributed by atoms with E-state index in [1.807, 2.05) is 7.05 Å². The van der Waals surface area contributed by atoms with Crippen molar-refractivity contribution in [2.24, 2.45) is 0 Å². The van der Waals surface area contributed by atoms with Gasteiger partial charge in [-0.05, 0) is 20.4 Å². The third kappa shape index (κ3) is 12.2. The van der Waals surface area contributed by atoms with Crippen LogP contribution in [0.5, 0.6) is 0 Å². The van der Waals surface area contributed by atoms with Crippen LogP contribution in [0.25, 0.3) is 0 Å². The Kier molecular flexibility index (Phi) is 13.9. The van der Waals surface area contributed by atoms with E-state index in [-0.39, 0.29) is 0 Å². The number of likely N-dealkylation sites (N-methyl/N-ethyl adjacent to an activating group) is 1. The third-order valence-corrected chi connectivity index (χ3v) is 3.34. The summed E-state index contributed by atoms with van der Waals surface area (Å²) in [6.07, 6.45) is 12.4. The SMILES string of the molecule is CCCCCCCCCCC(COCC)NC. The van der Waals surface area contributed by atoms with Gasteiger partial charge in [0.25, 0.3) is 0 Å². The van der Waals surface area contributed by atoms with Gasteiger partial charge < -0.3 is 10.1 Å². The highest BCUT2D eigenvalue weighted by molar-refractivity contribution is 4.63. The number of rotatable bonds is 13. The van der Waals surface area contributed by atoms with Crippen molar-refractivity contribution in [3.8, 4) is 0 Å². The van der Waals surface area contributed by atoms with Crippen molar-refractivity contribution in [3.05, 3.63) is 0 Å². The molecule has 2 nitrogen and oxygen atoms in total. The van der Waals surface area contributed by atoms with Gasteiger partial charge in [-0.1, -0.05) is 58.3 Å². The lowest BCUT2D eigenvalue weighted by molar-refractivity contribution is 0.121. The Morgan fingerprint density at radius 1 is 0.882 bits per heavy atom. The van der Waals surface area contributed by atoms with Crippen LogP contribution in [0, 0.1) is 0 Å². The lowest BCUT2D eigenvalue weighted by Crippen LogP contribution is -2.30. The zero-order valence-electron chi connectivity index (χ0n) is 12.3. The van der Waals surface area contributed by atoms with Crippen LogP contribution in [0.3, 0.4) is 0 Å². The fourth-order valence-electron chi connectivity index (χ4n) is 2.10. The monoisotopic (exact) mass is 243 g/mol. The zero-order valence-corrected chi connectivity index (χ0v) is 12.3. The van der Waals surface area contributed by atoms with Gasteiger partial charge in [0, 0.05) is 12.6 Å². The largest absolute Gasteiger partial charge is 0.380 e. The molecular weight excluding hydrogens is 210 g/mol. The summed E-state index contributed by atoms with van der Waals surface area (Å²) in [5, 5.41) is 3.33. The molecule has 0 aromatic carbocycles. The van der Waals surface area contributed by atoms with Gasteiger partial charge in [0.2, 0.25) is 0 Å². The second-order valence-electron chi connectivity index (χ2n) is 4.91. The molecule has 1 unspecified atom stereocenters. The summed E-state index contributed by atoms with van der Waals surface area (Å²) in [4.78, 5) is 0. The molecule has 104 valence electrons. The summed E-state index contributed by atoms with van der Waals surface area (Å²) in [5.41, 5.74) is 0. The molecule has 1 N–H and O–H groups in total. The van der Waals surface area contributed by atoms with Crippen molar-refractivity contribution in [3.63, 3.8) is 0 Å². The minimum atomic E-state index is 0.551.